The Hall–Kier alpha value is -1.16. The largest absolute Gasteiger partial charge is 0.279 e. The molecule has 1 aromatic rings. The Labute approximate surface area is 103 Å². The van der Waals surface area contributed by atoms with Crippen LogP contribution < -0.4 is 0 Å². The van der Waals surface area contributed by atoms with Gasteiger partial charge in [0.25, 0.3) is 5.91 Å². The quantitative estimate of drug-likeness (QED) is 0.742. The van der Waals surface area contributed by atoms with Crippen LogP contribution in [0.5, 0.6) is 0 Å². The molecule has 0 radical (unpaired) electrons. The molecule has 1 fully saturated rings. The van der Waals surface area contributed by atoms with Crippen molar-refractivity contribution in [3.63, 3.8) is 0 Å². The molecule has 1 aliphatic rings. The van der Waals surface area contributed by atoms with Gasteiger partial charge in [0.15, 0.2) is 0 Å². The number of nitrogens with zero attached hydrogens (tertiary/aromatic N) is 1. The first kappa shape index (κ1) is 11.3. The van der Waals surface area contributed by atoms with Crippen LogP contribution in [0.1, 0.15) is 28.8 Å². The van der Waals surface area contributed by atoms with E-state index in [1.165, 1.54) is 4.90 Å². The van der Waals surface area contributed by atoms with Gasteiger partial charge in [0.1, 0.15) is 0 Å². The number of hydrogen-bond donors (Lipinski definition) is 0. The van der Waals surface area contributed by atoms with Crippen LogP contribution in [0, 0.1) is 6.92 Å². The highest BCUT2D eigenvalue weighted by molar-refractivity contribution is 9.10. The highest BCUT2D eigenvalue weighted by Gasteiger charge is 2.27. The smallest absolute Gasteiger partial charge is 0.260 e. The third-order valence-corrected chi connectivity index (χ3v) is 3.59. The first-order valence-electron chi connectivity index (χ1n) is 5.20. The zero-order chi connectivity index (χ0) is 11.7. The molecule has 84 valence electrons. The number of benzene rings is 1. The molecule has 4 heteroatoms. The van der Waals surface area contributed by atoms with Gasteiger partial charge in [0.05, 0.1) is 0 Å². The topological polar surface area (TPSA) is 37.4 Å². The molecule has 1 aliphatic heterocycles. The SMILES string of the molecule is Cc1ccc(C(=O)N2CCCC2=O)cc1Br. The van der Waals surface area contributed by atoms with Gasteiger partial charge in [-0.05, 0) is 31.0 Å². The summed E-state index contributed by atoms with van der Waals surface area (Å²) in [5, 5.41) is 0. The maximum absolute atomic E-state index is 12.0. The van der Waals surface area contributed by atoms with Crippen LogP contribution in [0.25, 0.3) is 0 Å². The summed E-state index contributed by atoms with van der Waals surface area (Å²) in [5.41, 5.74) is 1.64. The van der Waals surface area contributed by atoms with E-state index < -0.39 is 0 Å². The molecule has 0 aliphatic carbocycles. The van der Waals surface area contributed by atoms with E-state index in [1.54, 1.807) is 12.1 Å². The van der Waals surface area contributed by atoms with Gasteiger partial charge in [0.2, 0.25) is 5.91 Å². The summed E-state index contributed by atoms with van der Waals surface area (Å²) in [4.78, 5) is 24.8. The number of imide groups is 1. The van der Waals surface area contributed by atoms with Crippen molar-refractivity contribution in [3.8, 4) is 0 Å². The van der Waals surface area contributed by atoms with Gasteiger partial charge in [0, 0.05) is 23.0 Å². The lowest BCUT2D eigenvalue weighted by atomic mass is 10.1. The minimum atomic E-state index is -0.191. The van der Waals surface area contributed by atoms with Crippen molar-refractivity contribution in [2.75, 3.05) is 6.54 Å². The Kier molecular flexibility index (Phi) is 3.10. The first-order chi connectivity index (χ1) is 7.59. The summed E-state index contributed by atoms with van der Waals surface area (Å²) >= 11 is 3.38. The molecular weight excluding hydrogens is 270 g/mol. The molecule has 1 aromatic carbocycles. The molecule has 3 nitrogen and oxygen atoms in total. The van der Waals surface area contributed by atoms with E-state index in [-0.39, 0.29) is 11.8 Å². The van der Waals surface area contributed by atoms with Crippen molar-refractivity contribution in [3.05, 3.63) is 33.8 Å². The standard InChI is InChI=1S/C12H12BrNO2/c1-8-4-5-9(7-10(8)13)12(16)14-6-2-3-11(14)15/h4-5,7H,2-3,6H2,1H3. The molecule has 0 spiro atoms. The maximum atomic E-state index is 12.0. The van der Waals surface area contributed by atoms with Gasteiger partial charge < -0.3 is 0 Å². The average Bonchev–Trinajstić information content (AvgIpc) is 2.67. The van der Waals surface area contributed by atoms with E-state index in [2.05, 4.69) is 15.9 Å². The van der Waals surface area contributed by atoms with Crippen molar-refractivity contribution in [1.82, 2.24) is 4.90 Å². The zero-order valence-corrected chi connectivity index (χ0v) is 10.6. The Morgan fingerprint density at radius 3 is 2.75 bits per heavy atom. The second-order valence-corrected chi connectivity index (χ2v) is 4.77. The number of halogens is 1. The Morgan fingerprint density at radius 2 is 2.19 bits per heavy atom. The lowest BCUT2D eigenvalue weighted by Crippen LogP contribution is -2.31. The van der Waals surface area contributed by atoms with Gasteiger partial charge in [-0.25, -0.2) is 0 Å². The summed E-state index contributed by atoms with van der Waals surface area (Å²) in [6, 6.07) is 5.40. The second-order valence-electron chi connectivity index (χ2n) is 3.92. The van der Waals surface area contributed by atoms with Crippen molar-refractivity contribution in [1.29, 1.82) is 0 Å². The first-order valence-corrected chi connectivity index (χ1v) is 6.00. The van der Waals surface area contributed by atoms with E-state index in [0.717, 1.165) is 16.5 Å². The number of hydrogen-bond acceptors (Lipinski definition) is 2. The summed E-state index contributed by atoms with van der Waals surface area (Å²) in [7, 11) is 0. The van der Waals surface area contributed by atoms with Gasteiger partial charge in [-0.15, -0.1) is 0 Å². The number of rotatable bonds is 1. The fraction of sp³-hybridized carbons (Fsp3) is 0.333. The van der Waals surface area contributed by atoms with Crippen molar-refractivity contribution < 1.29 is 9.59 Å². The molecular formula is C12H12BrNO2. The summed E-state index contributed by atoms with van der Waals surface area (Å²) in [5.74, 6) is -0.259. The lowest BCUT2D eigenvalue weighted by Gasteiger charge is -2.13. The van der Waals surface area contributed by atoms with Gasteiger partial charge in [-0.1, -0.05) is 22.0 Å². The predicted molar refractivity (Wildman–Crippen MR) is 64.2 cm³/mol. The van der Waals surface area contributed by atoms with E-state index in [4.69, 9.17) is 0 Å². The maximum Gasteiger partial charge on any atom is 0.260 e. The highest BCUT2D eigenvalue weighted by atomic mass is 79.9. The van der Waals surface area contributed by atoms with E-state index in [1.807, 2.05) is 13.0 Å². The molecule has 0 aromatic heterocycles. The molecule has 1 heterocycles. The fourth-order valence-electron chi connectivity index (χ4n) is 1.74. The molecule has 2 amide bonds. The van der Waals surface area contributed by atoms with E-state index in [9.17, 15) is 9.59 Å². The lowest BCUT2D eigenvalue weighted by molar-refractivity contribution is -0.125. The van der Waals surface area contributed by atoms with Crippen LogP contribution in [0.2, 0.25) is 0 Å². The van der Waals surface area contributed by atoms with Gasteiger partial charge in [-0.3, -0.25) is 14.5 Å². The normalized spacial score (nSPS) is 15.6. The van der Waals surface area contributed by atoms with Crippen molar-refractivity contribution in [2.24, 2.45) is 0 Å². The van der Waals surface area contributed by atoms with Crippen molar-refractivity contribution in [2.45, 2.75) is 19.8 Å². The molecule has 0 unspecified atom stereocenters. The van der Waals surface area contributed by atoms with Crippen LogP contribution in [0.3, 0.4) is 0 Å². The number of amides is 2. The molecule has 0 saturated carbocycles. The van der Waals surface area contributed by atoms with E-state index >= 15 is 0 Å². The number of carbonyl (C=O) groups excluding carboxylic acids is 2. The monoisotopic (exact) mass is 281 g/mol. The third kappa shape index (κ3) is 2.02. The number of likely N-dealkylation sites (tertiary alicyclic amines) is 1. The molecule has 16 heavy (non-hydrogen) atoms. The molecule has 0 N–H and O–H groups in total. The van der Waals surface area contributed by atoms with Gasteiger partial charge >= 0.3 is 0 Å². The Bertz CT molecular complexity index is 456. The number of carbonyl (C=O) groups is 2. The zero-order valence-electron chi connectivity index (χ0n) is 9.00. The summed E-state index contributed by atoms with van der Waals surface area (Å²) in [6.07, 6.45) is 1.26. The Morgan fingerprint density at radius 1 is 1.44 bits per heavy atom. The van der Waals surface area contributed by atoms with Crippen LogP contribution in [0.4, 0.5) is 0 Å². The minimum absolute atomic E-state index is 0.0679. The molecule has 2 rings (SSSR count). The van der Waals surface area contributed by atoms with Crippen LogP contribution in [-0.4, -0.2) is 23.3 Å². The number of aryl methyl sites for hydroxylation is 1. The molecule has 1 saturated heterocycles. The highest BCUT2D eigenvalue weighted by Crippen LogP contribution is 2.20. The third-order valence-electron chi connectivity index (χ3n) is 2.74. The average molecular weight is 282 g/mol. The summed E-state index contributed by atoms with van der Waals surface area (Å²) in [6.45, 7) is 2.50. The van der Waals surface area contributed by atoms with Crippen LogP contribution in [0.15, 0.2) is 22.7 Å². The Balaban J connectivity index is 2.27. The second kappa shape index (κ2) is 4.37. The predicted octanol–water partition coefficient (Wildman–Crippen LogP) is 2.52. The van der Waals surface area contributed by atoms with Gasteiger partial charge in [-0.2, -0.15) is 0 Å². The molecule has 0 atom stereocenters. The fourth-order valence-corrected chi connectivity index (χ4v) is 2.12. The van der Waals surface area contributed by atoms with Crippen LogP contribution >= 0.6 is 15.9 Å². The van der Waals surface area contributed by atoms with Crippen LogP contribution in [-0.2, 0) is 4.79 Å². The minimum Gasteiger partial charge on any atom is -0.279 e. The van der Waals surface area contributed by atoms with E-state index in [0.29, 0.717) is 18.5 Å². The molecule has 0 bridgehead atoms. The van der Waals surface area contributed by atoms with Crippen molar-refractivity contribution >= 4 is 27.7 Å². The summed E-state index contributed by atoms with van der Waals surface area (Å²) < 4.78 is 0.894.